The maximum absolute atomic E-state index is 11.5. The molecule has 0 spiro atoms. The van der Waals surface area contributed by atoms with E-state index >= 15 is 0 Å². The van der Waals surface area contributed by atoms with Gasteiger partial charge in [-0.3, -0.25) is 0 Å². The van der Waals surface area contributed by atoms with Crippen molar-refractivity contribution in [2.24, 2.45) is 0 Å². The first-order chi connectivity index (χ1) is 10.3. The lowest BCUT2D eigenvalue weighted by Crippen LogP contribution is -2.33. The molecule has 0 bridgehead atoms. The highest BCUT2D eigenvalue weighted by atomic mass is 16.6. The minimum Gasteiger partial charge on any atom is -0.444 e. The zero-order valence-electron chi connectivity index (χ0n) is 13.5. The number of carbonyl (C=O) groups is 1. The van der Waals surface area contributed by atoms with Crippen molar-refractivity contribution in [3.63, 3.8) is 0 Å². The number of rotatable bonds is 5. The fourth-order valence-electron chi connectivity index (χ4n) is 1.98. The minimum absolute atomic E-state index is 0.390. The van der Waals surface area contributed by atoms with Crippen LogP contribution in [0.3, 0.4) is 0 Å². The van der Waals surface area contributed by atoms with Crippen molar-refractivity contribution in [2.75, 3.05) is 18.4 Å². The van der Waals surface area contributed by atoms with Gasteiger partial charge in [-0.25, -0.2) is 14.3 Å². The minimum atomic E-state index is -0.470. The molecule has 2 rings (SSSR count). The Labute approximate surface area is 130 Å². The number of hydrogen-bond acceptors (Lipinski definition) is 5. The number of fused-ring (bicyclic) bond motifs is 1. The van der Waals surface area contributed by atoms with Crippen LogP contribution in [-0.2, 0) is 4.74 Å². The molecule has 0 aliphatic heterocycles. The van der Waals surface area contributed by atoms with E-state index in [1.807, 2.05) is 40.0 Å². The summed E-state index contributed by atoms with van der Waals surface area (Å²) in [6.45, 7) is 8.72. The number of ether oxygens (including phenoxy) is 1. The van der Waals surface area contributed by atoms with E-state index in [4.69, 9.17) is 4.74 Å². The molecule has 0 aliphatic rings. The standard InChI is InChI=1S/C15H23N5O2/c1-11-10-12-13(17-8-9-20(12)19-11)16-6-5-7-18-14(21)22-15(2,3)4/h8-10H,5-7H2,1-4H3,(H,16,17)(H,18,21). The van der Waals surface area contributed by atoms with Gasteiger partial charge in [0.25, 0.3) is 0 Å². The molecule has 0 saturated carbocycles. The van der Waals surface area contributed by atoms with Gasteiger partial charge >= 0.3 is 6.09 Å². The van der Waals surface area contributed by atoms with Gasteiger partial charge in [0.05, 0.1) is 5.69 Å². The zero-order valence-corrected chi connectivity index (χ0v) is 13.5. The summed E-state index contributed by atoms with van der Waals surface area (Å²) in [5, 5.41) is 10.3. The van der Waals surface area contributed by atoms with Gasteiger partial charge in [-0.1, -0.05) is 0 Å². The van der Waals surface area contributed by atoms with E-state index in [9.17, 15) is 4.79 Å². The van der Waals surface area contributed by atoms with Crippen LogP contribution in [0.4, 0.5) is 10.6 Å². The second kappa shape index (κ2) is 6.64. The van der Waals surface area contributed by atoms with Crippen molar-refractivity contribution in [3.05, 3.63) is 24.2 Å². The Morgan fingerprint density at radius 1 is 1.36 bits per heavy atom. The summed E-state index contributed by atoms with van der Waals surface area (Å²) in [6, 6.07) is 1.98. The molecule has 0 aromatic carbocycles. The normalized spacial score (nSPS) is 11.5. The summed E-state index contributed by atoms with van der Waals surface area (Å²) in [5.74, 6) is 0.792. The van der Waals surface area contributed by atoms with Crippen LogP contribution in [0.5, 0.6) is 0 Å². The molecular weight excluding hydrogens is 282 g/mol. The van der Waals surface area contributed by atoms with Crippen LogP contribution in [0.2, 0.25) is 0 Å². The number of hydrogen-bond donors (Lipinski definition) is 2. The van der Waals surface area contributed by atoms with E-state index in [1.165, 1.54) is 0 Å². The van der Waals surface area contributed by atoms with Crippen molar-refractivity contribution in [1.82, 2.24) is 19.9 Å². The number of nitrogens with zero attached hydrogens (tertiary/aromatic N) is 3. The number of anilines is 1. The van der Waals surface area contributed by atoms with Crippen molar-refractivity contribution in [1.29, 1.82) is 0 Å². The quantitative estimate of drug-likeness (QED) is 0.829. The first-order valence-electron chi connectivity index (χ1n) is 7.37. The molecular formula is C15H23N5O2. The van der Waals surface area contributed by atoms with Gasteiger partial charge in [-0.05, 0) is 40.2 Å². The molecule has 0 fully saturated rings. The molecule has 0 unspecified atom stereocenters. The van der Waals surface area contributed by atoms with Gasteiger partial charge in [0.15, 0.2) is 5.82 Å². The van der Waals surface area contributed by atoms with E-state index in [1.54, 1.807) is 10.7 Å². The van der Waals surface area contributed by atoms with Gasteiger partial charge in [0.2, 0.25) is 0 Å². The first-order valence-corrected chi connectivity index (χ1v) is 7.37. The number of nitrogens with one attached hydrogen (secondary N) is 2. The third-order valence-electron chi connectivity index (χ3n) is 2.83. The molecule has 0 aliphatic carbocycles. The van der Waals surface area contributed by atoms with E-state index in [2.05, 4.69) is 20.7 Å². The fourth-order valence-corrected chi connectivity index (χ4v) is 1.98. The molecule has 0 atom stereocenters. The van der Waals surface area contributed by atoms with Gasteiger partial charge in [0.1, 0.15) is 11.1 Å². The zero-order chi connectivity index (χ0) is 16.2. The van der Waals surface area contributed by atoms with Crippen molar-refractivity contribution in [3.8, 4) is 0 Å². The second-order valence-corrected chi connectivity index (χ2v) is 6.10. The topological polar surface area (TPSA) is 80.5 Å². The fraction of sp³-hybridized carbons (Fsp3) is 0.533. The summed E-state index contributed by atoms with van der Waals surface area (Å²) in [4.78, 5) is 15.8. The van der Waals surface area contributed by atoms with E-state index in [0.717, 1.165) is 23.4 Å². The van der Waals surface area contributed by atoms with Gasteiger partial charge in [0, 0.05) is 25.5 Å². The Bertz CT molecular complexity index is 645. The Kier molecular flexibility index (Phi) is 4.85. The highest BCUT2D eigenvalue weighted by Crippen LogP contribution is 2.14. The summed E-state index contributed by atoms with van der Waals surface area (Å²) in [7, 11) is 0. The predicted octanol–water partition coefficient (Wildman–Crippen LogP) is 2.36. The Hall–Kier alpha value is -2.31. The molecule has 2 aromatic rings. The smallest absolute Gasteiger partial charge is 0.407 e. The van der Waals surface area contributed by atoms with Crippen LogP contribution < -0.4 is 10.6 Å². The van der Waals surface area contributed by atoms with Crippen LogP contribution in [0.15, 0.2) is 18.5 Å². The van der Waals surface area contributed by atoms with Gasteiger partial charge in [-0.2, -0.15) is 5.10 Å². The second-order valence-electron chi connectivity index (χ2n) is 6.10. The van der Waals surface area contributed by atoms with Crippen LogP contribution in [0.1, 0.15) is 32.9 Å². The number of carbonyl (C=O) groups excluding carboxylic acids is 1. The Morgan fingerprint density at radius 3 is 2.86 bits per heavy atom. The molecule has 2 aromatic heterocycles. The SMILES string of the molecule is Cc1cc2c(NCCCNC(=O)OC(C)(C)C)nccn2n1. The van der Waals surface area contributed by atoms with Crippen molar-refractivity contribution >= 4 is 17.4 Å². The molecule has 2 heterocycles. The van der Waals surface area contributed by atoms with Crippen LogP contribution in [0, 0.1) is 6.92 Å². The molecule has 0 saturated heterocycles. The number of aromatic nitrogens is 3. The highest BCUT2D eigenvalue weighted by Gasteiger charge is 2.15. The predicted molar refractivity (Wildman–Crippen MR) is 85.1 cm³/mol. The Balaban J connectivity index is 1.76. The van der Waals surface area contributed by atoms with E-state index in [0.29, 0.717) is 13.1 Å². The molecule has 7 heteroatoms. The maximum atomic E-state index is 11.5. The third kappa shape index (κ3) is 4.61. The summed E-state index contributed by atoms with van der Waals surface area (Å²) in [5.41, 5.74) is 1.42. The summed E-state index contributed by atoms with van der Waals surface area (Å²) >= 11 is 0. The maximum Gasteiger partial charge on any atom is 0.407 e. The van der Waals surface area contributed by atoms with Crippen LogP contribution in [-0.4, -0.2) is 39.4 Å². The monoisotopic (exact) mass is 305 g/mol. The average Bonchev–Trinajstić information content (AvgIpc) is 2.77. The van der Waals surface area contributed by atoms with E-state index in [-0.39, 0.29) is 6.09 Å². The van der Waals surface area contributed by atoms with E-state index < -0.39 is 5.60 Å². The number of alkyl carbamates (subject to hydrolysis) is 1. The number of amides is 1. The average molecular weight is 305 g/mol. The van der Waals surface area contributed by atoms with Crippen LogP contribution in [0.25, 0.3) is 5.52 Å². The van der Waals surface area contributed by atoms with Gasteiger partial charge < -0.3 is 15.4 Å². The number of aryl methyl sites for hydroxylation is 1. The molecule has 120 valence electrons. The van der Waals surface area contributed by atoms with Crippen molar-refractivity contribution < 1.29 is 9.53 Å². The molecule has 22 heavy (non-hydrogen) atoms. The third-order valence-corrected chi connectivity index (χ3v) is 2.83. The summed E-state index contributed by atoms with van der Waals surface area (Å²) < 4.78 is 6.96. The largest absolute Gasteiger partial charge is 0.444 e. The first kappa shape index (κ1) is 16.1. The lowest BCUT2D eigenvalue weighted by atomic mass is 10.2. The highest BCUT2D eigenvalue weighted by molar-refractivity contribution is 5.68. The van der Waals surface area contributed by atoms with Gasteiger partial charge in [-0.15, -0.1) is 0 Å². The van der Waals surface area contributed by atoms with Crippen LogP contribution >= 0.6 is 0 Å². The molecule has 2 N–H and O–H groups in total. The molecule has 7 nitrogen and oxygen atoms in total. The molecule has 1 amide bonds. The lowest BCUT2D eigenvalue weighted by Gasteiger charge is -2.19. The Morgan fingerprint density at radius 2 is 2.14 bits per heavy atom. The summed E-state index contributed by atoms with van der Waals surface area (Å²) in [6.07, 6.45) is 3.91. The van der Waals surface area contributed by atoms with Crippen molar-refractivity contribution in [2.45, 2.75) is 39.7 Å². The lowest BCUT2D eigenvalue weighted by molar-refractivity contribution is 0.0528. The molecule has 0 radical (unpaired) electrons.